The third-order valence-electron chi connectivity index (χ3n) is 5.48. The average Bonchev–Trinajstić information content (AvgIpc) is 3.01. The van der Waals surface area contributed by atoms with Crippen molar-refractivity contribution in [3.8, 4) is 0 Å². The molecule has 0 bridgehead atoms. The Bertz CT molecular complexity index is 900. The predicted molar refractivity (Wildman–Crippen MR) is 105 cm³/mol. The predicted octanol–water partition coefficient (Wildman–Crippen LogP) is 4.60. The fourth-order valence-corrected chi connectivity index (χ4v) is 3.98. The number of rotatable bonds is 3. The zero-order valence-electron chi connectivity index (χ0n) is 15.9. The zero-order valence-corrected chi connectivity index (χ0v) is 15.9. The normalized spacial score (nSPS) is 19.8. The number of aromatic nitrogens is 1. The number of likely N-dealkylation sites (tertiary alicyclic amines) is 1. The molecular weight excluding hydrogens is 381 g/mol. The van der Waals surface area contributed by atoms with E-state index in [9.17, 15) is 18.0 Å². The first kappa shape index (κ1) is 19.7. The van der Waals surface area contributed by atoms with Gasteiger partial charge >= 0.3 is 6.18 Å². The number of carbonyl (C=O) groups excluding carboxylic acids is 1. The van der Waals surface area contributed by atoms with Crippen molar-refractivity contribution in [1.82, 2.24) is 9.88 Å². The van der Waals surface area contributed by atoms with Crippen molar-refractivity contribution in [3.05, 3.63) is 47.7 Å². The Labute approximate surface area is 167 Å². The van der Waals surface area contributed by atoms with Crippen LogP contribution in [0.25, 0.3) is 0 Å². The standard InChI is InChI=1S/C21H23F3N4O/c22-21(23,24)13-28-10-3-4-14(9-11-28)19(29)18-8-7-15-12-25-16-5-1-2-6-17(16)26-20(15)27-18/h1-2,5-8,14,25H,3-4,9-13H2,(H,26,27). The number of para-hydroxylation sites is 2. The van der Waals surface area contributed by atoms with E-state index in [1.165, 1.54) is 4.90 Å². The summed E-state index contributed by atoms with van der Waals surface area (Å²) in [5, 5.41) is 6.63. The second-order valence-electron chi connectivity index (χ2n) is 7.61. The number of hydrogen-bond acceptors (Lipinski definition) is 5. The number of nitrogens with zero attached hydrogens (tertiary/aromatic N) is 2. The minimum atomic E-state index is -4.21. The number of anilines is 3. The van der Waals surface area contributed by atoms with Gasteiger partial charge in [-0.2, -0.15) is 13.2 Å². The molecule has 1 atom stereocenters. The van der Waals surface area contributed by atoms with E-state index in [0.717, 1.165) is 16.9 Å². The minimum Gasteiger partial charge on any atom is -0.379 e. The summed E-state index contributed by atoms with van der Waals surface area (Å²) in [7, 11) is 0. The molecule has 1 unspecified atom stereocenters. The zero-order chi connectivity index (χ0) is 20.4. The molecule has 154 valence electrons. The van der Waals surface area contributed by atoms with Gasteiger partial charge < -0.3 is 10.6 Å². The summed E-state index contributed by atoms with van der Waals surface area (Å²) >= 11 is 0. The number of ketones is 1. The van der Waals surface area contributed by atoms with Gasteiger partial charge in [0, 0.05) is 18.0 Å². The first-order valence-electron chi connectivity index (χ1n) is 9.82. The van der Waals surface area contributed by atoms with E-state index in [1.807, 2.05) is 30.3 Å². The quantitative estimate of drug-likeness (QED) is 0.733. The Morgan fingerprint density at radius 2 is 1.90 bits per heavy atom. The van der Waals surface area contributed by atoms with Crippen LogP contribution >= 0.6 is 0 Å². The summed E-state index contributed by atoms with van der Waals surface area (Å²) in [5.41, 5.74) is 3.17. The third kappa shape index (κ3) is 4.70. The number of carbonyl (C=O) groups is 1. The van der Waals surface area contributed by atoms with Crippen LogP contribution in [0.4, 0.5) is 30.4 Å². The number of Topliss-reactive ketones (excluding diaryl/α,β-unsaturated/α-hetero) is 1. The van der Waals surface area contributed by atoms with E-state index in [4.69, 9.17) is 0 Å². The Balaban J connectivity index is 1.48. The maximum Gasteiger partial charge on any atom is 0.401 e. The highest BCUT2D eigenvalue weighted by Gasteiger charge is 2.33. The van der Waals surface area contributed by atoms with E-state index < -0.39 is 12.7 Å². The van der Waals surface area contributed by atoms with E-state index in [-0.39, 0.29) is 18.2 Å². The Hall–Kier alpha value is -2.61. The van der Waals surface area contributed by atoms with Gasteiger partial charge in [-0.15, -0.1) is 0 Å². The van der Waals surface area contributed by atoms with Gasteiger partial charge in [-0.1, -0.05) is 18.2 Å². The number of nitrogens with one attached hydrogen (secondary N) is 2. The number of hydrogen-bond donors (Lipinski definition) is 2. The number of fused-ring (bicyclic) bond motifs is 2. The van der Waals surface area contributed by atoms with Crippen molar-refractivity contribution in [3.63, 3.8) is 0 Å². The molecule has 2 N–H and O–H groups in total. The van der Waals surface area contributed by atoms with Gasteiger partial charge in [0.2, 0.25) is 0 Å². The van der Waals surface area contributed by atoms with Crippen LogP contribution in [0.1, 0.15) is 35.3 Å². The molecule has 0 spiro atoms. The van der Waals surface area contributed by atoms with Crippen LogP contribution in [0.3, 0.4) is 0 Å². The molecule has 0 amide bonds. The second-order valence-corrected chi connectivity index (χ2v) is 7.61. The lowest BCUT2D eigenvalue weighted by Gasteiger charge is -2.21. The Morgan fingerprint density at radius 3 is 2.69 bits per heavy atom. The molecule has 5 nitrogen and oxygen atoms in total. The first-order chi connectivity index (χ1) is 13.9. The molecule has 1 aromatic heterocycles. The fourth-order valence-electron chi connectivity index (χ4n) is 3.98. The van der Waals surface area contributed by atoms with Crippen molar-refractivity contribution in [1.29, 1.82) is 0 Å². The van der Waals surface area contributed by atoms with Crippen molar-refractivity contribution in [2.75, 3.05) is 30.3 Å². The molecule has 1 fully saturated rings. The minimum absolute atomic E-state index is 0.0889. The number of alkyl halides is 3. The monoisotopic (exact) mass is 404 g/mol. The largest absolute Gasteiger partial charge is 0.401 e. The average molecular weight is 404 g/mol. The van der Waals surface area contributed by atoms with E-state index in [0.29, 0.717) is 43.9 Å². The van der Waals surface area contributed by atoms with Crippen LogP contribution in [0, 0.1) is 5.92 Å². The second kappa shape index (κ2) is 8.02. The number of halogens is 3. The van der Waals surface area contributed by atoms with Crippen molar-refractivity contribution < 1.29 is 18.0 Å². The van der Waals surface area contributed by atoms with E-state index >= 15 is 0 Å². The van der Waals surface area contributed by atoms with Crippen molar-refractivity contribution in [2.24, 2.45) is 5.92 Å². The number of benzene rings is 1. The number of pyridine rings is 1. The van der Waals surface area contributed by atoms with Crippen LogP contribution in [-0.4, -0.2) is 41.5 Å². The summed E-state index contributed by atoms with van der Waals surface area (Å²) in [6.07, 6.45) is -2.62. The molecule has 2 aromatic rings. The molecule has 1 aromatic carbocycles. The summed E-state index contributed by atoms with van der Waals surface area (Å²) in [4.78, 5) is 19.0. The molecule has 0 aliphatic carbocycles. The Kier molecular flexibility index (Phi) is 5.45. The van der Waals surface area contributed by atoms with Gasteiger partial charge in [-0.25, -0.2) is 4.98 Å². The maximum atomic E-state index is 13.0. The van der Waals surface area contributed by atoms with Crippen LogP contribution < -0.4 is 10.6 Å². The molecule has 2 aliphatic rings. The summed E-state index contributed by atoms with van der Waals surface area (Å²) in [6, 6.07) is 11.4. The lowest BCUT2D eigenvalue weighted by Crippen LogP contribution is -2.35. The van der Waals surface area contributed by atoms with Gasteiger partial charge in [-0.05, 0) is 50.6 Å². The lowest BCUT2D eigenvalue weighted by molar-refractivity contribution is -0.145. The molecule has 29 heavy (non-hydrogen) atoms. The summed E-state index contributed by atoms with van der Waals surface area (Å²) < 4.78 is 38.0. The van der Waals surface area contributed by atoms with Crippen LogP contribution in [0.15, 0.2) is 36.4 Å². The highest BCUT2D eigenvalue weighted by atomic mass is 19.4. The first-order valence-corrected chi connectivity index (χ1v) is 9.82. The molecule has 0 saturated carbocycles. The van der Waals surface area contributed by atoms with Gasteiger partial charge in [0.25, 0.3) is 0 Å². The maximum absolute atomic E-state index is 13.0. The highest BCUT2D eigenvalue weighted by Crippen LogP contribution is 2.31. The van der Waals surface area contributed by atoms with Gasteiger partial charge in [0.15, 0.2) is 5.78 Å². The molecule has 3 heterocycles. The van der Waals surface area contributed by atoms with E-state index in [1.54, 1.807) is 6.07 Å². The van der Waals surface area contributed by atoms with Crippen LogP contribution in [-0.2, 0) is 6.54 Å². The van der Waals surface area contributed by atoms with Crippen molar-refractivity contribution in [2.45, 2.75) is 32.0 Å². The molecule has 8 heteroatoms. The topological polar surface area (TPSA) is 57.3 Å². The smallest absolute Gasteiger partial charge is 0.379 e. The SMILES string of the molecule is O=C(c1ccc2c(n1)Nc1ccccc1NC2)C1CCCN(CC(F)(F)F)CC1. The van der Waals surface area contributed by atoms with E-state index in [2.05, 4.69) is 15.6 Å². The summed E-state index contributed by atoms with van der Waals surface area (Å²) in [6.45, 7) is 0.319. The molecule has 4 rings (SSSR count). The van der Waals surface area contributed by atoms with Crippen LogP contribution in [0.5, 0.6) is 0 Å². The molecule has 0 radical (unpaired) electrons. The molecule has 2 aliphatic heterocycles. The van der Waals surface area contributed by atoms with Crippen LogP contribution in [0.2, 0.25) is 0 Å². The van der Waals surface area contributed by atoms with Crippen molar-refractivity contribution >= 4 is 23.0 Å². The fraction of sp³-hybridized carbons (Fsp3) is 0.429. The third-order valence-corrected chi connectivity index (χ3v) is 5.48. The highest BCUT2D eigenvalue weighted by molar-refractivity contribution is 5.96. The van der Waals surface area contributed by atoms with Gasteiger partial charge in [0.1, 0.15) is 11.5 Å². The lowest BCUT2D eigenvalue weighted by atomic mass is 9.93. The van der Waals surface area contributed by atoms with Gasteiger partial charge in [0.05, 0.1) is 17.9 Å². The van der Waals surface area contributed by atoms with Gasteiger partial charge in [-0.3, -0.25) is 9.69 Å². The molecule has 1 saturated heterocycles. The summed E-state index contributed by atoms with van der Waals surface area (Å²) in [5.74, 6) is 0.254. The Morgan fingerprint density at radius 1 is 1.10 bits per heavy atom. The molecular formula is C21H23F3N4O.